The maximum absolute atomic E-state index is 13.5. The van der Waals surface area contributed by atoms with Gasteiger partial charge in [-0.05, 0) is 44.4 Å². The van der Waals surface area contributed by atoms with Crippen LogP contribution in [0.25, 0.3) is 16.5 Å². The van der Waals surface area contributed by atoms with Crippen LogP contribution in [0.5, 0.6) is 11.5 Å². The molecule has 1 saturated heterocycles. The van der Waals surface area contributed by atoms with Crippen molar-refractivity contribution in [1.29, 1.82) is 0 Å². The topological polar surface area (TPSA) is 73.7 Å². The second kappa shape index (κ2) is 8.18. The number of hydrogen-bond donors (Lipinski definition) is 0. The Morgan fingerprint density at radius 1 is 1.07 bits per heavy atom. The predicted molar refractivity (Wildman–Crippen MR) is 115 cm³/mol. The summed E-state index contributed by atoms with van der Waals surface area (Å²) in [4.78, 5) is 28.6. The van der Waals surface area contributed by atoms with Crippen LogP contribution in [-0.4, -0.2) is 47.4 Å². The molecule has 2 aromatic carbocycles. The zero-order valence-electron chi connectivity index (χ0n) is 17.4. The number of hydrogen-bond acceptors (Lipinski definition) is 5. The summed E-state index contributed by atoms with van der Waals surface area (Å²) in [6, 6.07) is 12.4. The van der Waals surface area contributed by atoms with E-state index in [1.807, 2.05) is 11.0 Å². The van der Waals surface area contributed by atoms with Gasteiger partial charge in [-0.1, -0.05) is 18.2 Å². The number of methoxy groups -OCH3 is 2. The normalized spacial score (nSPS) is 16.5. The molecular weight excluding hydrogens is 382 g/mol. The Bertz CT molecular complexity index is 1150. The average Bonchev–Trinajstić information content (AvgIpc) is 2.79. The molecule has 0 radical (unpaired) electrons. The Morgan fingerprint density at radius 3 is 2.53 bits per heavy atom. The van der Waals surface area contributed by atoms with E-state index in [4.69, 9.17) is 9.47 Å². The average molecular weight is 407 g/mol. The first-order valence-corrected chi connectivity index (χ1v) is 10.1. The van der Waals surface area contributed by atoms with E-state index in [2.05, 4.69) is 12.0 Å². The van der Waals surface area contributed by atoms with Crippen LogP contribution in [-0.2, 0) is 0 Å². The van der Waals surface area contributed by atoms with Crippen LogP contribution < -0.4 is 15.0 Å². The van der Waals surface area contributed by atoms with Crippen LogP contribution in [0.4, 0.5) is 0 Å². The lowest BCUT2D eigenvalue weighted by Gasteiger charge is -2.33. The van der Waals surface area contributed by atoms with Gasteiger partial charge in [0.1, 0.15) is 17.2 Å². The van der Waals surface area contributed by atoms with Gasteiger partial charge in [-0.25, -0.2) is 0 Å². The third-order valence-electron chi connectivity index (χ3n) is 5.69. The lowest BCUT2D eigenvalue weighted by atomic mass is 10.0. The van der Waals surface area contributed by atoms with Gasteiger partial charge in [0.05, 0.1) is 19.6 Å². The molecule has 1 unspecified atom stereocenters. The van der Waals surface area contributed by atoms with Crippen LogP contribution in [0.2, 0.25) is 0 Å². The van der Waals surface area contributed by atoms with E-state index < -0.39 is 0 Å². The van der Waals surface area contributed by atoms with Crippen molar-refractivity contribution in [2.75, 3.05) is 20.8 Å². The fourth-order valence-corrected chi connectivity index (χ4v) is 4.01. The van der Waals surface area contributed by atoms with Crippen molar-refractivity contribution in [3.05, 3.63) is 58.5 Å². The van der Waals surface area contributed by atoms with E-state index >= 15 is 0 Å². The minimum absolute atomic E-state index is 0.141. The second-order valence-electron chi connectivity index (χ2n) is 7.49. The second-order valence-corrected chi connectivity index (χ2v) is 7.49. The van der Waals surface area contributed by atoms with Crippen molar-refractivity contribution in [2.45, 2.75) is 32.2 Å². The summed E-state index contributed by atoms with van der Waals surface area (Å²) in [6.45, 7) is 2.75. The summed E-state index contributed by atoms with van der Waals surface area (Å²) >= 11 is 0. The van der Waals surface area contributed by atoms with Crippen LogP contribution in [0, 0.1) is 0 Å². The highest BCUT2D eigenvalue weighted by Gasteiger charge is 2.28. The summed E-state index contributed by atoms with van der Waals surface area (Å²) in [6.07, 6.45) is 3.05. The number of amides is 1. The molecule has 3 aromatic rings. The first kappa shape index (κ1) is 19.9. The van der Waals surface area contributed by atoms with Gasteiger partial charge in [0, 0.05) is 24.0 Å². The van der Waals surface area contributed by atoms with Gasteiger partial charge in [0.25, 0.3) is 11.5 Å². The maximum atomic E-state index is 13.5. The van der Waals surface area contributed by atoms with Crippen LogP contribution in [0.3, 0.4) is 0 Å². The van der Waals surface area contributed by atoms with Gasteiger partial charge < -0.3 is 14.4 Å². The van der Waals surface area contributed by atoms with Crippen molar-refractivity contribution in [1.82, 2.24) is 14.7 Å². The minimum atomic E-state index is -0.308. The third kappa shape index (κ3) is 3.40. The molecule has 1 fully saturated rings. The molecule has 1 amide bonds. The molecule has 0 N–H and O–H groups in total. The van der Waals surface area contributed by atoms with Crippen molar-refractivity contribution in [2.24, 2.45) is 0 Å². The molecule has 1 aliphatic heterocycles. The molecule has 0 bridgehead atoms. The van der Waals surface area contributed by atoms with Gasteiger partial charge in [-0.3, -0.25) is 9.59 Å². The molecule has 4 rings (SSSR count). The van der Waals surface area contributed by atoms with Crippen molar-refractivity contribution in [3.8, 4) is 17.2 Å². The minimum Gasteiger partial charge on any atom is -0.497 e. The highest BCUT2D eigenvalue weighted by atomic mass is 16.5. The monoisotopic (exact) mass is 407 g/mol. The molecule has 2 heterocycles. The number of likely N-dealkylation sites (tertiary alicyclic amines) is 1. The smallest absolute Gasteiger partial charge is 0.279 e. The Hall–Kier alpha value is -3.35. The molecular formula is C23H25N3O4. The number of carbonyl (C=O) groups is 1. The molecule has 1 aliphatic rings. The Morgan fingerprint density at radius 2 is 1.83 bits per heavy atom. The molecule has 156 valence electrons. The summed E-state index contributed by atoms with van der Waals surface area (Å²) in [7, 11) is 3.08. The molecule has 0 aliphatic carbocycles. The Kier molecular flexibility index (Phi) is 5.44. The van der Waals surface area contributed by atoms with Crippen LogP contribution >= 0.6 is 0 Å². The van der Waals surface area contributed by atoms with Crippen molar-refractivity contribution < 1.29 is 14.3 Å². The lowest BCUT2D eigenvalue weighted by molar-refractivity contribution is 0.0630. The van der Waals surface area contributed by atoms with Gasteiger partial charge in [0.2, 0.25) is 0 Å². The summed E-state index contributed by atoms with van der Waals surface area (Å²) < 4.78 is 12.0. The van der Waals surface area contributed by atoms with Crippen molar-refractivity contribution in [3.63, 3.8) is 0 Å². The summed E-state index contributed by atoms with van der Waals surface area (Å²) in [5.74, 6) is 0.881. The maximum Gasteiger partial charge on any atom is 0.279 e. The molecule has 7 heteroatoms. The number of aromatic nitrogens is 2. The fraction of sp³-hybridized carbons (Fsp3) is 0.348. The fourth-order valence-electron chi connectivity index (χ4n) is 4.01. The van der Waals surface area contributed by atoms with E-state index in [9.17, 15) is 9.59 Å². The van der Waals surface area contributed by atoms with E-state index in [1.165, 1.54) is 11.8 Å². The summed E-state index contributed by atoms with van der Waals surface area (Å²) in [5, 5.41) is 5.54. The van der Waals surface area contributed by atoms with E-state index in [1.54, 1.807) is 43.5 Å². The zero-order chi connectivity index (χ0) is 21.3. The largest absolute Gasteiger partial charge is 0.497 e. The van der Waals surface area contributed by atoms with E-state index in [0.717, 1.165) is 19.3 Å². The SMILES string of the molecule is COc1ccc(-n2nc(C(=O)N3CCCCC3C)c3ccccc3c2=O)c(OC)c1. The number of benzene rings is 2. The number of carbonyl (C=O) groups excluding carboxylic acids is 1. The van der Waals surface area contributed by atoms with Gasteiger partial charge in [0.15, 0.2) is 5.69 Å². The quantitative estimate of drug-likeness (QED) is 0.663. The first-order valence-electron chi connectivity index (χ1n) is 10.1. The molecule has 0 spiro atoms. The van der Waals surface area contributed by atoms with Crippen molar-refractivity contribution >= 4 is 16.7 Å². The third-order valence-corrected chi connectivity index (χ3v) is 5.69. The number of nitrogens with zero attached hydrogens (tertiary/aromatic N) is 3. The molecule has 30 heavy (non-hydrogen) atoms. The van der Waals surface area contributed by atoms with Gasteiger partial charge >= 0.3 is 0 Å². The number of ether oxygens (including phenoxy) is 2. The molecule has 7 nitrogen and oxygen atoms in total. The number of rotatable bonds is 4. The standard InChI is InChI=1S/C23H25N3O4/c1-15-8-6-7-13-25(15)23(28)21-17-9-4-5-10-18(17)22(27)26(24-21)19-12-11-16(29-2)14-20(19)30-3/h4-5,9-12,14-15H,6-8,13H2,1-3H3. The molecule has 0 saturated carbocycles. The first-order chi connectivity index (χ1) is 14.5. The highest BCUT2D eigenvalue weighted by Crippen LogP contribution is 2.28. The van der Waals surface area contributed by atoms with Gasteiger partial charge in [-0.2, -0.15) is 9.78 Å². The highest BCUT2D eigenvalue weighted by molar-refractivity contribution is 6.05. The number of piperidine rings is 1. The zero-order valence-corrected chi connectivity index (χ0v) is 17.4. The van der Waals surface area contributed by atoms with E-state index in [0.29, 0.717) is 34.5 Å². The Balaban J connectivity index is 1.94. The Labute approximate surface area is 174 Å². The number of fused-ring (bicyclic) bond motifs is 1. The van der Waals surface area contributed by atoms with Crippen LogP contribution in [0.1, 0.15) is 36.7 Å². The van der Waals surface area contributed by atoms with E-state index in [-0.39, 0.29) is 23.2 Å². The predicted octanol–water partition coefficient (Wildman–Crippen LogP) is 3.42. The molecule has 1 aromatic heterocycles. The lowest BCUT2D eigenvalue weighted by Crippen LogP contribution is -2.43. The van der Waals surface area contributed by atoms with Crippen LogP contribution in [0.15, 0.2) is 47.3 Å². The summed E-state index contributed by atoms with van der Waals surface area (Å²) in [5.41, 5.74) is 0.420. The molecule has 1 atom stereocenters. The van der Waals surface area contributed by atoms with Gasteiger partial charge in [-0.15, -0.1) is 0 Å².